The molecule has 0 aromatic heterocycles. The van der Waals surface area contributed by atoms with Crippen molar-refractivity contribution in [2.24, 2.45) is 0 Å². The van der Waals surface area contributed by atoms with Crippen LogP contribution in [0.15, 0.2) is 30.3 Å². The maximum Gasteiger partial charge on any atom is 0.326 e. The number of thioether (sulfide) groups is 1. The van der Waals surface area contributed by atoms with E-state index in [4.69, 9.17) is 0 Å². The molecule has 5 heteroatoms. The topological polar surface area (TPSA) is 66.4 Å². The average Bonchev–Trinajstić information content (AvgIpc) is 2.66. The maximum absolute atomic E-state index is 12.0. The van der Waals surface area contributed by atoms with E-state index in [1.54, 1.807) is 0 Å². The number of aliphatic carboxylic acids is 1. The Morgan fingerprint density at radius 2 is 1.59 bits per heavy atom. The van der Waals surface area contributed by atoms with Crippen LogP contribution in [0.1, 0.15) is 70.3 Å². The predicted octanol–water partition coefficient (Wildman–Crippen LogP) is 5.06. The van der Waals surface area contributed by atoms with Gasteiger partial charge < -0.3 is 10.4 Å². The van der Waals surface area contributed by atoms with E-state index >= 15 is 0 Å². The third-order valence-electron chi connectivity index (χ3n) is 4.50. The summed E-state index contributed by atoms with van der Waals surface area (Å²) >= 11 is 1.96. The quantitative estimate of drug-likeness (QED) is 0.385. The van der Waals surface area contributed by atoms with Gasteiger partial charge in [-0.1, -0.05) is 69.4 Å². The Balaban J connectivity index is 2.07. The molecule has 1 amide bonds. The molecule has 1 rings (SSSR count). The number of nitrogens with one attached hydrogen (secondary N) is 1. The third-order valence-corrected chi connectivity index (χ3v) is 5.66. The van der Waals surface area contributed by atoms with E-state index in [-0.39, 0.29) is 5.91 Å². The van der Waals surface area contributed by atoms with Crippen LogP contribution in [0.2, 0.25) is 0 Å². The molecule has 0 aliphatic rings. The Morgan fingerprint density at radius 3 is 2.26 bits per heavy atom. The lowest BCUT2D eigenvalue weighted by atomic mass is 10.1. The minimum absolute atomic E-state index is 0.167. The summed E-state index contributed by atoms with van der Waals surface area (Å²) < 4.78 is 0. The summed E-state index contributed by atoms with van der Waals surface area (Å²) in [5.41, 5.74) is 0.913. The van der Waals surface area contributed by atoms with Gasteiger partial charge in [-0.3, -0.25) is 4.79 Å². The van der Waals surface area contributed by atoms with Gasteiger partial charge in [-0.15, -0.1) is 0 Å². The van der Waals surface area contributed by atoms with Crippen molar-refractivity contribution in [1.82, 2.24) is 5.32 Å². The van der Waals surface area contributed by atoms with Crippen LogP contribution in [0, 0.1) is 0 Å². The second-order valence-corrected chi connectivity index (χ2v) is 8.21. The molecule has 2 N–H and O–H groups in total. The van der Waals surface area contributed by atoms with Gasteiger partial charge in [0.15, 0.2) is 0 Å². The molecule has 1 unspecified atom stereocenters. The fraction of sp³-hybridized carbons (Fsp3) is 0.636. The first-order chi connectivity index (χ1) is 13.1. The Morgan fingerprint density at radius 1 is 0.963 bits per heavy atom. The highest BCUT2D eigenvalue weighted by Crippen LogP contribution is 2.12. The number of carbonyl (C=O) groups excluding carboxylic acids is 1. The summed E-state index contributed by atoms with van der Waals surface area (Å²) in [5, 5.41) is 12.0. The standard InChI is InChI=1S/C22H35NO3S/c1-2-3-4-5-6-11-16-27-17-12-10-15-21(24)23-20(22(25)26)18-19-13-8-7-9-14-19/h7-9,13-14,20H,2-6,10-12,15-18H2,1H3,(H,23,24)(H,25,26). The Hall–Kier alpha value is -1.49. The van der Waals surface area contributed by atoms with Crippen LogP contribution in [0.25, 0.3) is 0 Å². The molecule has 27 heavy (non-hydrogen) atoms. The molecule has 0 aliphatic heterocycles. The van der Waals surface area contributed by atoms with E-state index in [2.05, 4.69) is 12.2 Å². The normalized spacial score (nSPS) is 11.9. The molecule has 0 radical (unpaired) electrons. The van der Waals surface area contributed by atoms with Crippen molar-refractivity contribution < 1.29 is 14.7 Å². The van der Waals surface area contributed by atoms with Gasteiger partial charge in [0.1, 0.15) is 6.04 Å². The highest BCUT2D eigenvalue weighted by atomic mass is 32.2. The summed E-state index contributed by atoms with van der Waals surface area (Å²) in [5.74, 6) is 1.13. The zero-order valence-electron chi connectivity index (χ0n) is 16.6. The van der Waals surface area contributed by atoms with Gasteiger partial charge in [-0.25, -0.2) is 4.79 Å². The number of amides is 1. The van der Waals surface area contributed by atoms with Crippen LogP contribution >= 0.6 is 11.8 Å². The fourth-order valence-electron chi connectivity index (χ4n) is 2.89. The molecule has 0 saturated heterocycles. The third kappa shape index (κ3) is 12.5. The Bertz CT molecular complexity index is 522. The zero-order chi connectivity index (χ0) is 19.7. The fourth-order valence-corrected chi connectivity index (χ4v) is 3.91. The molecule has 152 valence electrons. The summed E-state index contributed by atoms with van der Waals surface area (Å²) in [4.78, 5) is 23.4. The maximum atomic E-state index is 12.0. The molecular weight excluding hydrogens is 358 g/mol. The van der Waals surface area contributed by atoms with Crippen molar-refractivity contribution in [1.29, 1.82) is 0 Å². The predicted molar refractivity (Wildman–Crippen MR) is 114 cm³/mol. The Labute approximate surface area is 168 Å². The molecule has 0 aliphatic carbocycles. The van der Waals surface area contributed by atoms with Gasteiger partial charge in [0.05, 0.1) is 0 Å². The first-order valence-corrected chi connectivity index (χ1v) is 11.4. The summed E-state index contributed by atoms with van der Waals surface area (Å²) in [6.07, 6.45) is 10.5. The largest absolute Gasteiger partial charge is 0.480 e. The first-order valence-electron chi connectivity index (χ1n) is 10.3. The van der Waals surface area contributed by atoms with Crippen molar-refractivity contribution in [3.8, 4) is 0 Å². The van der Waals surface area contributed by atoms with Crippen LogP contribution in [0.4, 0.5) is 0 Å². The SMILES string of the molecule is CCCCCCCCSCCCCC(=O)NC(Cc1ccccc1)C(=O)O. The van der Waals surface area contributed by atoms with E-state index in [9.17, 15) is 14.7 Å². The number of unbranched alkanes of at least 4 members (excludes halogenated alkanes) is 6. The molecule has 0 heterocycles. The lowest BCUT2D eigenvalue weighted by Crippen LogP contribution is -2.42. The number of carbonyl (C=O) groups is 2. The van der Waals surface area contributed by atoms with Gasteiger partial charge in [-0.05, 0) is 36.3 Å². The minimum atomic E-state index is -0.985. The van der Waals surface area contributed by atoms with Gasteiger partial charge in [0.25, 0.3) is 0 Å². The molecular formula is C22H35NO3S. The van der Waals surface area contributed by atoms with Gasteiger partial charge in [0.2, 0.25) is 5.91 Å². The van der Waals surface area contributed by atoms with Crippen molar-refractivity contribution in [2.45, 2.75) is 77.2 Å². The van der Waals surface area contributed by atoms with E-state index in [0.717, 1.165) is 24.2 Å². The van der Waals surface area contributed by atoms with Crippen LogP contribution < -0.4 is 5.32 Å². The van der Waals surface area contributed by atoms with Crippen molar-refractivity contribution in [2.75, 3.05) is 11.5 Å². The molecule has 1 atom stereocenters. The van der Waals surface area contributed by atoms with Crippen LogP contribution in [0.3, 0.4) is 0 Å². The number of hydrogen-bond acceptors (Lipinski definition) is 3. The van der Waals surface area contributed by atoms with E-state index in [1.165, 1.54) is 44.3 Å². The monoisotopic (exact) mass is 393 g/mol. The Kier molecular flexibility index (Phi) is 13.6. The van der Waals surface area contributed by atoms with Crippen LogP contribution in [0.5, 0.6) is 0 Å². The lowest BCUT2D eigenvalue weighted by molar-refractivity contribution is -0.141. The number of benzene rings is 1. The highest BCUT2D eigenvalue weighted by Gasteiger charge is 2.19. The molecule has 0 spiro atoms. The summed E-state index contributed by atoms with van der Waals surface area (Å²) in [7, 11) is 0. The van der Waals surface area contributed by atoms with Crippen molar-refractivity contribution >= 4 is 23.6 Å². The number of carboxylic acids is 1. The zero-order valence-corrected chi connectivity index (χ0v) is 17.4. The molecule has 1 aromatic carbocycles. The highest BCUT2D eigenvalue weighted by molar-refractivity contribution is 7.99. The second-order valence-electron chi connectivity index (χ2n) is 6.99. The second kappa shape index (κ2) is 15.6. The van der Waals surface area contributed by atoms with Crippen molar-refractivity contribution in [3.05, 3.63) is 35.9 Å². The number of carboxylic acid groups (broad SMARTS) is 1. The average molecular weight is 394 g/mol. The van der Waals surface area contributed by atoms with E-state index in [1.807, 2.05) is 42.1 Å². The lowest BCUT2D eigenvalue weighted by Gasteiger charge is -2.14. The smallest absolute Gasteiger partial charge is 0.326 e. The molecule has 0 saturated carbocycles. The number of hydrogen-bond donors (Lipinski definition) is 2. The van der Waals surface area contributed by atoms with Crippen molar-refractivity contribution in [3.63, 3.8) is 0 Å². The van der Waals surface area contributed by atoms with Crippen LogP contribution in [-0.2, 0) is 16.0 Å². The van der Waals surface area contributed by atoms with Gasteiger partial charge in [0, 0.05) is 12.8 Å². The first kappa shape index (κ1) is 23.5. The van der Waals surface area contributed by atoms with E-state index in [0.29, 0.717) is 12.8 Å². The minimum Gasteiger partial charge on any atom is -0.480 e. The van der Waals surface area contributed by atoms with Crippen LogP contribution in [-0.4, -0.2) is 34.5 Å². The van der Waals surface area contributed by atoms with Gasteiger partial charge in [-0.2, -0.15) is 11.8 Å². The van der Waals surface area contributed by atoms with Gasteiger partial charge >= 0.3 is 5.97 Å². The van der Waals surface area contributed by atoms with E-state index < -0.39 is 12.0 Å². The number of rotatable bonds is 16. The molecule has 1 aromatic rings. The molecule has 0 bridgehead atoms. The molecule has 0 fully saturated rings. The molecule has 4 nitrogen and oxygen atoms in total. The summed E-state index contributed by atoms with van der Waals surface area (Å²) in [6.45, 7) is 2.24. The summed E-state index contributed by atoms with van der Waals surface area (Å²) in [6, 6.07) is 8.54.